The lowest BCUT2D eigenvalue weighted by Crippen LogP contribution is -2.48. The van der Waals surface area contributed by atoms with Crippen molar-refractivity contribution in [2.75, 3.05) is 31.0 Å². The van der Waals surface area contributed by atoms with Gasteiger partial charge in [0.2, 0.25) is 0 Å². The normalized spacial score (nSPS) is 19.0. The highest BCUT2D eigenvalue weighted by Crippen LogP contribution is 2.32. The summed E-state index contributed by atoms with van der Waals surface area (Å²) in [6.45, 7) is 8.50. The average Bonchev–Trinajstić information content (AvgIpc) is 2.76. The van der Waals surface area contributed by atoms with Crippen LogP contribution in [0.25, 0.3) is 0 Å². The summed E-state index contributed by atoms with van der Waals surface area (Å²) in [5.41, 5.74) is 0.721. The molecule has 1 saturated heterocycles. The lowest BCUT2D eigenvalue weighted by atomic mass is 10.1. The van der Waals surface area contributed by atoms with Crippen molar-refractivity contribution in [1.29, 1.82) is 0 Å². The highest BCUT2D eigenvalue weighted by atomic mass is 32.2. The van der Waals surface area contributed by atoms with Crippen LogP contribution >= 0.6 is 0 Å². The number of methoxy groups -OCH3 is 1. The summed E-state index contributed by atoms with van der Waals surface area (Å²) in [5.74, 6) is 0.211. The maximum atomic E-state index is 13.5. The summed E-state index contributed by atoms with van der Waals surface area (Å²) in [4.78, 5) is 14.8. The molecule has 2 aromatic rings. The second-order valence-electron chi connectivity index (χ2n) is 7.49. The third kappa shape index (κ3) is 4.91. The van der Waals surface area contributed by atoms with Gasteiger partial charge in [-0.1, -0.05) is 24.3 Å². The fraction of sp³-hybridized carbons (Fsp3) is 0.348. The third-order valence-electron chi connectivity index (χ3n) is 5.02. The first-order chi connectivity index (χ1) is 14.8. The van der Waals surface area contributed by atoms with Crippen molar-refractivity contribution in [1.82, 2.24) is 4.90 Å². The van der Waals surface area contributed by atoms with Crippen LogP contribution in [0.3, 0.4) is 0 Å². The number of sulfonamides is 1. The minimum Gasteiger partial charge on any atom is -0.495 e. The number of carbonyl (C=O) groups excluding carboxylic acids is 1. The lowest BCUT2D eigenvalue weighted by Gasteiger charge is -2.35. The van der Waals surface area contributed by atoms with E-state index in [1.165, 1.54) is 29.6 Å². The Morgan fingerprint density at radius 2 is 1.87 bits per heavy atom. The van der Waals surface area contributed by atoms with Crippen LogP contribution in [0.1, 0.15) is 24.2 Å². The number of morpholine rings is 1. The monoisotopic (exact) mass is 444 g/mol. The largest absolute Gasteiger partial charge is 0.495 e. The van der Waals surface area contributed by atoms with Crippen molar-refractivity contribution >= 4 is 21.6 Å². The van der Waals surface area contributed by atoms with E-state index in [1.807, 2.05) is 13.8 Å². The number of nitrogens with zero attached hydrogens (tertiary/aromatic N) is 2. The Morgan fingerprint density at radius 3 is 2.52 bits per heavy atom. The number of ether oxygens (including phenoxy) is 2. The number of hydrogen-bond acceptors (Lipinski definition) is 5. The number of amides is 1. The van der Waals surface area contributed by atoms with Crippen LogP contribution < -0.4 is 9.04 Å². The molecule has 1 amide bonds. The quantitative estimate of drug-likeness (QED) is 0.613. The first-order valence-electron chi connectivity index (χ1n) is 10.1. The van der Waals surface area contributed by atoms with E-state index in [-0.39, 0.29) is 29.6 Å². The van der Waals surface area contributed by atoms with Crippen LogP contribution in [0, 0.1) is 0 Å². The van der Waals surface area contributed by atoms with E-state index < -0.39 is 10.0 Å². The van der Waals surface area contributed by atoms with E-state index in [1.54, 1.807) is 41.3 Å². The van der Waals surface area contributed by atoms with Gasteiger partial charge in [0.25, 0.3) is 15.9 Å². The van der Waals surface area contributed by atoms with E-state index >= 15 is 0 Å². The van der Waals surface area contributed by atoms with Gasteiger partial charge >= 0.3 is 0 Å². The molecule has 1 aliphatic rings. The molecular formula is C23H28N2O5S. The lowest BCUT2D eigenvalue weighted by molar-refractivity contribution is -0.0586. The summed E-state index contributed by atoms with van der Waals surface area (Å²) in [5, 5.41) is 0. The molecule has 0 bridgehead atoms. The molecule has 2 aromatic carbocycles. The number of benzene rings is 2. The molecule has 3 rings (SSSR count). The molecule has 0 unspecified atom stereocenters. The molecule has 2 atom stereocenters. The molecule has 8 heteroatoms. The topological polar surface area (TPSA) is 76.2 Å². The van der Waals surface area contributed by atoms with Crippen LogP contribution in [0.2, 0.25) is 0 Å². The fourth-order valence-corrected chi connectivity index (χ4v) is 5.21. The molecule has 1 fully saturated rings. The fourth-order valence-electron chi connectivity index (χ4n) is 3.72. The van der Waals surface area contributed by atoms with Crippen molar-refractivity contribution in [3.8, 4) is 5.75 Å². The molecule has 0 N–H and O–H groups in total. The van der Waals surface area contributed by atoms with Gasteiger partial charge in [0.05, 0.1) is 36.4 Å². The summed E-state index contributed by atoms with van der Waals surface area (Å²) in [6.07, 6.45) is 1.36. The Kier molecular flexibility index (Phi) is 7.02. The number of carbonyl (C=O) groups is 1. The maximum absolute atomic E-state index is 13.5. The molecule has 166 valence electrons. The molecule has 0 saturated carbocycles. The molecular weight excluding hydrogens is 416 g/mol. The van der Waals surface area contributed by atoms with Gasteiger partial charge in [-0.2, -0.15) is 0 Å². The SMILES string of the molecule is C=CCN(c1ccccc1OC)S(=O)(=O)c1cccc(C(=O)N2C[C@@H](C)O[C@@H](C)C2)c1. The van der Waals surface area contributed by atoms with Crippen LogP contribution in [-0.4, -0.2) is 58.2 Å². The van der Waals surface area contributed by atoms with Gasteiger partial charge in [0.15, 0.2) is 0 Å². The van der Waals surface area contributed by atoms with E-state index in [2.05, 4.69) is 6.58 Å². The van der Waals surface area contributed by atoms with Crippen LogP contribution in [0.15, 0.2) is 66.1 Å². The predicted octanol–water partition coefficient (Wildman–Crippen LogP) is 3.33. The molecule has 0 radical (unpaired) electrons. The Bertz CT molecular complexity index is 1040. The molecule has 0 spiro atoms. The molecule has 1 aliphatic heterocycles. The van der Waals surface area contributed by atoms with Crippen molar-refractivity contribution in [2.24, 2.45) is 0 Å². The summed E-state index contributed by atoms with van der Waals surface area (Å²) in [7, 11) is -2.48. The predicted molar refractivity (Wildman–Crippen MR) is 120 cm³/mol. The number of rotatable bonds is 7. The first kappa shape index (κ1) is 22.8. The zero-order chi connectivity index (χ0) is 22.6. The van der Waals surface area contributed by atoms with Crippen molar-refractivity contribution < 1.29 is 22.7 Å². The van der Waals surface area contributed by atoms with Gasteiger partial charge in [-0.15, -0.1) is 6.58 Å². The van der Waals surface area contributed by atoms with E-state index in [0.29, 0.717) is 30.1 Å². The first-order valence-corrected chi connectivity index (χ1v) is 11.5. The van der Waals surface area contributed by atoms with E-state index in [4.69, 9.17) is 9.47 Å². The number of hydrogen-bond donors (Lipinski definition) is 0. The van der Waals surface area contributed by atoms with Crippen molar-refractivity contribution in [2.45, 2.75) is 31.0 Å². The molecule has 7 nitrogen and oxygen atoms in total. The van der Waals surface area contributed by atoms with Gasteiger partial charge in [0, 0.05) is 18.7 Å². The van der Waals surface area contributed by atoms with Crippen LogP contribution in [0.4, 0.5) is 5.69 Å². The third-order valence-corrected chi connectivity index (χ3v) is 6.80. The van der Waals surface area contributed by atoms with Gasteiger partial charge in [-0.05, 0) is 44.2 Å². The van der Waals surface area contributed by atoms with E-state index in [0.717, 1.165) is 0 Å². The van der Waals surface area contributed by atoms with Gasteiger partial charge in [-0.25, -0.2) is 8.42 Å². The number of anilines is 1. The molecule has 0 aliphatic carbocycles. The average molecular weight is 445 g/mol. The van der Waals surface area contributed by atoms with Crippen molar-refractivity contribution in [3.63, 3.8) is 0 Å². The second kappa shape index (κ2) is 9.53. The molecule has 1 heterocycles. The Hall–Kier alpha value is -2.84. The van der Waals surface area contributed by atoms with Crippen LogP contribution in [0.5, 0.6) is 5.75 Å². The van der Waals surface area contributed by atoms with Gasteiger partial charge in [0.1, 0.15) is 5.75 Å². The van der Waals surface area contributed by atoms with Crippen molar-refractivity contribution in [3.05, 3.63) is 66.7 Å². The van der Waals surface area contributed by atoms with Gasteiger partial charge in [-0.3, -0.25) is 9.10 Å². The van der Waals surface area contributed by atoms with Crippen LogP contribution in [-0.2, 0) is 14.8 Å². The maximum Gasteiger partial charge on any atom is 0.264 e. The Morgan fingerprint density at radius 1 is 1.19 bits per heavy atom. The molecule has 31 heavy (non-hydrogen) atoms. The highest BCUT2D eigenvalue weighted by molar-refractivity contribution is 7.92. The Balaban J connectivity index is 1.97. The zero-order valence-corrected chi connectivity index (χ0v) is 18.8. The molecule has 0 aromatic heterocycles. The summed E-state index contributed by atoms with van der Waals surface area (Å²) < 4.78 is 39.3. The minimum atomic E-state index is -3.97. The van der Waals surface area contributed by atoms with Gasteiger partial charge < -0.3 is 14.4 Å². The standard InChI is InChI=1S/C23H28N2O5S/c1-5-13-25(21-11-6-7-12-22(21)29-4)31(27,28)20-10-8-9-19(14-20)23(26)24-15-17(2)30-18(3)16-24/h5-12,14,17-18H,1,13,15-16H2,2-4H3/t17-,18+. The smallest absolute Gasteiger partial charge is 0.264 e. The zero-order valence-electron chi connectivity index (χ0n) is 18.0. The second-order valence-corrected chi connectivity index (χ2v) is 9.35. The Labute approximate surface area is 183 Å². The highest BCUT2D eigenvalue weighted by Gasteiger charge is 2.29. The minimum absolute atomic E-state index is 0.0282. The summed E-state index contributed by atoms with van der Waals surface area (Å²) in [6, 6.07) is 13.0. The van der Waals surface area contributed by atoms with E-state index in [9.17, 15) is 13.2 Å². The number of para-hydroxylation sites is 2. The summed E-state index contributed by atoms with van der Waals surface area (Å²) >= 11 is 0.